The highest BCUT2D eigenvalue weighted by atomic mass is 35.5. The van der Waals surface area contributed by atoms with Crippen LogP contribution >= 0.6 is 11.6 Å². The minimum atomic E-state index is -1.49. The first kappa shape index (κ1) is 41.2. The minimum absolute atomic E-state index is 0.00432. The number of alkyl carbamates (subject to hydrolysis) is 1. The first-order valence-electron chi connectivity index (χ1n) is 16.8. The van der Waals surface area contributed by atoms with Crippen LogP contribution in [0.4, 0.5) is 4.79 Å². The lowest BCUT2D eigenvalue weighted by Crippen LogP contribution is -2.59. The molecule has 2 aliphatic rings. The summed E-state index contributed by atoms with van der Waals surface area (Å²) in [4.78, 5) is 94.5. The highest BCUT2D eigenvalue weighted by Gasteiger charge is 2.40. The van der Waals surface area contributed by atoms with Gasteiger partial charge in [-0.05, 0) is 57.9 Å². The van der Waals surface area contributed by atoms with Crippen LogP contribution in [0.5, 0.6) is 0 Å². The maximum absolute atomic E-state index is 13.9. The van der Waals surface area contributed by atoms with E-state index in [1.165, 1.54) is 11.8 Å². The molecule has 52 heavy (non-hydrogen) atoms. The van der Waals surface area contributed by atoms with Gasteiger partial charge in [-0.25, -0.2) is 19.9 Å². The number of carbonyl (C=O) groups is 6. The smallest absolute Gasteiger partial charge is 0.407 e. The number of rotatable bonds is 13. The van der Waals surface area contributed by atoms with E-state index in [9.17, 15) is 44.0 Å². The number of nitro groups is 1. The van der Waals surface area contributed by atoms with E-state index in [1.54, 1.807) is 29.7 Å². The molecule has 5 atom stereocenters. The Bertz CT molecular complexity index is 1500. The Balaban J connectivity index is 1.71. The average Bonchev–Trinajstić information content (AvgIpc) is 3.59. The minimum Gasteiger partial charge on any atom is -0.445 e. The van der Waals surface area contributed by atoms with Crippen molar-refractivity contribution in [2.75, 3.05) is 26.2 Å². The number of guanidine groups is 1. The molecule has 0 saturated carbocycles. The number of carbonyl (C=O) groups excluding carboxylic acids is 6. The molecule has 0 aliphatic carbocycles. The predicted molar refractivity (Wildman–Crippen MR) is 185 cm³/mol. The molecular weight excluding hydrogens is 708 g/mol. The van der Waals surface area contributed by atoms with Crippen LogP contribution in [0.2, 0.25) is 5.02 Å². The SMILES string of the molecule is C[C@@H](O)[C@@H]1NC(=O)CNC(=O)[C@H](CCCN=C(N)N[N+](=O)[O-])NC(=O)[C@@H]2CCCN2C(=O)[C@H](CCCCNC(=O)OCc2ccccc2Cl)NC1=O. The van der Waals surface area contributed by atoms with Crippen molar-refractivity contribution in [3.63, 3.8) is 0 Å². The van der Waals surface area contributed by atoms with Crippen LogP contribution in [0.25, 0.3) is 0 Å². The molecule has 0 unspecified atom stereocenters. The number of ether oxygens (including phenoxy) is 1. The fourth-order valence-electron chi connectivity index (χ4n) is 5.58. The van der Waals surface area contributed by atoms with E-state index in [0.29, 0.717) is 29.8 Å². The largest absolute Gasteiger partial charge is 0.445 e. The van der Waals surface area contributed by atoms with Gasteiger partial charge in [0.2, 0.25) is 29.5 Å². The lowest BCUT2D eigenvalue weighted by Gasteiger charge is -2.30. The quantitative estimate of drug-likeness (QED) is 0.0378. The fourth-order valence-corrected chi connectivity index (χ4v) is 5.77. The number of hydrogen-bond acceptors (Lipinski definition) is 11. The second-order valence-electron chi connectivity index (χ2n) is 12.2. The van der Waals surface area contributed by atoms with Crippen LogP contribution in [0.15, 0.2) is 29.3 Å². The zero-order valence-electron chi connectivity index (χ0n) is 28.6. The van der Waals surface area contributed by atoms with Crippen LogP contribution in [0, 0.1) is 10.1 Å². The van der Waals surface area contributed by atoms with Gasteiger partial charge in [0.25, 0.3) is 5.96 Å². The van der Waals surface area contributed by atoms with Gasteiger partial charge in [-0.2, -0.15) is 0 Å². The van der Waals surface area contributed by atoms with Gasteiger partial charge >= 0.3 is 6.09 Å². The van der Waals surface area contributed by atoms with E-state index in [-0.39, 0.29) is 51.9 Å². The van der Waals surface area contributed by atoms with Gasteiger partial charge in [0.1, 0.15) is 30.8 Å². The van der Waals surface area contributed by atoms with Crippen molar-refractivity contribution in [2.24, 2.45) is 10.7 Å². The Morgan fingerprint density at radius 2 is 1.81 bits per heavy atom. The zero-order chi connectivity index (χ0) is 38.2. The van der Waals surface area contributed by atoms with Gasteiger partial charge in [0, 0.05) is 30.2 Å². The molecule has 0 radical (unpaired) electrons. The molecular formula is C31H45ClN10O10. The lowest BCUT2D eigenvalue weighted by atomic mass is 10.0. The number of nitrogens with zero attached hydrogens (tertiary/aromatic N) is 3. The highest BCUT2D eigenvalue weighted by Crippen LogP contribution is 2.21. The fraction of sp³-hybridized carbons (Fsp3) is 0.581. The van der Waals surface area contributed by atoms with E-state index >= 15 is 0 Å². The molecule has 2 aliphatic heterocycles. The van der Waals surface area contributed by atoms with Gasteiger partial charge in [0.15, 0.2) is 5.03 Å². The number of halogens is 1. The van der Waals surface area contributed by atoms with E-state index in [4.69, 9.17) is 22.1 Å². The Hall–Kier alpha value is -5.24. The molecule has 21 heteroatoms. The lowest BCUT2D eigenvalue weighted by molar-refractivity contribution is -0.525. The van der Waals surface area contributed by atoms with E-state index in [1.807, 2.05) is 0 Å². The average molecular weight is 753 g/mol. The molecule has 286 valence electrons. The number of unbranched alkanes of at least 4 members (excludes halogenated alkanes) is 1. The van der Waals surface area contributed by atoms with Crippen molar-refractivity contribution in [3.05, 3.63) is 45.0 Å². The molecule has 20 nitrogen and oxygen atoms in total. The number of hydrazine groups is 1. The second-order valence-corrected chi connectivity index (χ2v) is 12.6. The van der Waals surface area contributed by atoms with Crippen molar-refractivity contribution in [1.82, 2.24) is 36.9 Å². The van der Waals surface area contributed by atoms with Crippen molar-refractivity contribution in [1.29, 1.82) is 0 Å². The number of aliphatic hydroxyl groups excluding tert-OH is 1. The van der Waals surface area contributed by atoms with Crippen LogP contribution in [-0.4, -0.2) is 113 Å². The molecule has 2 heterocycles. The van der Waals surface area contributed by atoms with Crippen LogP contribution in [0.3, 0.4) is 0 Å². The van der Waals surface area contributed by atoms with Crippen LogP contribution in [-0.2, 0) is 35.3 Å². The number of hydrogen-bond donors (Lipinski definition) is 8. The number of amides is 6. The van der Waals surface area contributed by atoms with Crippen molar-refractivity contribution in [2.45, 2.75) is 88.7 Å². The molecule has 0 aromatic heterocycles. The topological polar surface area (TPSA) is 289 Å². The van der Waals surface area contributed by atoms with Crippen molar-refractivity contribution >= 4 is 53.2 Å². The van der Waals surface area contributed by atoms with E-state index < -0.39 is 83.4 Å². The third-order valence-electron chi connectivity index (χ3n) is 8.24. The monoisotopic (exact) mass is 752 g/mol. The normalized spacial score (nSPS) is 22.4. The molecule has 1 aromatic rings. The molecule has 0 bridgehead atoms. The van der Waals surface area contributed by atoms with Crippen molar-refractivity contribution < 1.29 is 43.6 Å². The van der Waals surface area contributed by atoms with Gasteiger partial charge in [-0.3, -0.25) is 24.0 Å². The Morgan fingerprint density at radius 3 is 2.52 bits per heavy atom. The van der Waals surface area contributed by atoms with Gasteiger partial charge in [0.05, 0.1) is 12.6 Å². The number of fused-ring (bicyclic) bond motifs is 1. The summed E-state index contributed by atoms with van der Waals surface area (Å²) in [7, 11) is 0. The summed E-state index contributed by atoms with van der Waals surface area (Å²) in [5.41, 5.74) is 7.75. The molecule has 6 amide bonds. The van der Waals surface area contributed by atoms with E-state index in [0.717, 1.165) is 0 Å². The third kappa shape index (κ3) is 13.1. The Kier molecular flexibility index (Phi) is 16.3. The molecule has 0 spiro atoms. The maximum atomic E-state index is 13.9. The Labute approximate surface area is 304 Å². The molecule has 2 saturated heterocycles. The second kappa shape index (κ2) is 20.6. The van der Waals surface area contributed by atoms with Gasteiger partial charge in [-0.15, -0.1) is 0 Å². The third-order valence-corrected chi connectivity index (χ3v) is 8.60. The standard InChI is InChI=1S/C31H45ClN10O10/c1-18(43)25-28(47)38-22(10-4-5-13-35-31(49)52-17-19-8-2-3-9-20(19)32)29(48)41-15-7-12-23(41)27(46)37-21(26(45)36-16-24(44)39-25)11-6-14-34-30(33)40-42(50)51/h2-3,8-9,18,21-23,25,43H,4-7,10-17H2,1H3,(H,35,49)(H,36,45)(H,37,46)(H,38,47)(H,39,44)(H3,33,34,40)/t18-,21+,22+,23+,25+/m1/s1. The zero-order valence-corrected chi connectivity index (χ0v) is 29.4. The number of benzene rings is 1. The molecule has 2 fully saturated rings. The van der Waals surface area contributed by atoms with Crippen LogP contribution in [0.1, 0.15) is 57.4 Å². The Morgan fingerprint density at radius 1 is 1.10 bits per heavy atom. The van der Waals surface area contributed by atoms with Gasteiger partial charge < -0.3 is 47.1 Å². The summed E-state index contributed by atoms with van der Waals surface area (Å²) in [6.45, 7) is 0.974. The summed E-state index contributed by atoms with van der Waals surface area (Å²) < 4.78 is 5.20. The predicted octanol–water partition coefficient (Wildman–Crippen LogP) is -1.43. The first-order valence-corrected chi connectivity index (χ1v) is 17.2. The molecule has 1 aromatic carbocycles. The number of nitrogens with one attached hydrogen (secondary N) is 6. The summed E-state index contributed by atoms with van der Waals surface area (Å²) in [6.07, 6.45) is -0.371. The number of aliphatic hydroxyl groups is 1. The first-order chi connectivity index (χ1) is 24.8. The number of aliphatic imine (C=N–C) groups is 1. The highest BCUT2D eigenvalue weighted by molar-refractivity contribution is 6.31. The summed E-state index contributed by atoms with van der Waals surface area (Å²) in [5.74, 6) is -4.08. The molecule has 3 rings (SSSR count). The maximum Gasteiger partial charge on any atom is 0.407 e. The van der Waals surface area contributed by atoms with Crippen LogP contribution < -0.4 is 37.7 Å². The summed E-state index contributed by atoms with van der Waals surface area (Å²) >= 11 is 6.09. The summed E-state index contributed by atoms with van der Waals surface area (Å²) in [5, 5.41) is 33.1. The number of nitrogens with two attached hydrogens (primary N) is 1. The summed E-state index contributed by atoms with van der Waals surface area (Å²) in [6, 6.07) is 2.10. The van der Waals surface area contributed by atoms with Crippen molar-refractivity contribution in [3.8, 4) is 0 Å². The molecule has 9 N–H and O–H groups in total. The van der Waals surface area contributed by atoms with E-state index in [2.05, 4.69) is 31.6 Å². The van der Waals surface area contributed by atoms with Gasteiger partial charge in [-0.1, -0.05) is 35.2 Å².